The van der Waals surface area contributed by atoms with Crippen LogP contribution in [0.2, 0.25) is 0 Å². The van der Waals surface area contributed by atoms with Crippen LogP contribution in [0.5, 0.6) is 0 Å². The zero-order valence-electron chi connectivity index (χ0n) is 14.7. The highest BCUT2D eigenvalue weighted by Crippen LogP contribution is 2.33. The molecule has 4 rings (SSSR count). The molecule has 148 valence electrons. The van der Waals surface area contributed by atoms with Gasteiger partial charge < -0.3 is 19.5 Å². The third kappa shape index (κ3) is 3.02. The minimum atomic E-state index is -1.61. The molecule has 1 saturated heterocycles. The van der Waals surface area contributed by atoms with Gasteiger partial charge in [0.25, 0.3) is 0 Å². The normalized spacial score (nSPS) is 18.9. The highest BCUT2D eigenvalue weighted by atomic mass is 19.2. The Morgan fingerprint density at radius 3 is 2.64 bits per heavy atom. The van der Waals surface area contributed by atoms with Crippen LogP contribution in [-0.2, 0) is 17.7 Å². The predicted octanol–water partition coefficient (Wildman–Crippen LogP) is 3.03. The van der Waals surface area contributed by atoms with Gasteiger partial charge in [-0.05, 0) is 6.92 Å². The largest absolute Gasteiger partial charge is 0.447 e. The number of halogens is 3. The lowest BCUT2D eigenvalue weighted by Gasteiger charge is -2.33. The van der Waals surface area contributed by atoms with Gasteiger partial charge >= 0.3 is 12.1 Å². The maximum Gasteiger partial charge on any atom is 0.416 e. The average Bonchev–Trinajstić information content (AvgIpc) is 3.24. The first-order valence-corrected chi connectivity index (χ1v) is 8.49. The van der Waals surface area contributed by atoms with Crippen LogP contribution in [0.15, 0.2) is 16.7 Å². The SMILES string of the molecule is CC1Cc2noc(N3CCOC3=O)c2CN1C(=O)Nc1cc(F)c(F)c(F)c1. The molecule has 1 aromatic carbocycles. The van der Waals surface area contributed by atoms with Crippen molar-refractivity contribution in [3.05, 3.63) is 40.8 Å². The minimum absolute atomic E-state index is 0.0666. The molecule has 2 aromatic rings. The van der Waals surface area contributed by atoms with E-state index in [9.17, 15) is 22.8 Å². The fraction of sp³-hybridized carbons (Fsp3) is 0.353. The van der Waals surface area contributed by atoms with Gasteiger partial charge in [0.15, 0.2) is 17.5 Å². The number of benzene rings is 1. The molecule has 0 saturated carbocycles. The summed E-state index contributed by atoms with van der Waals surface area (Å²) < 4.78 is 50.0. The van der Waals surface area contributed by atoms with Crippen LogP contribution in [0, 0.1) is 17.5 Å². The van der Waals surface area contributed by atoms with Gasteiger partial charge in [-0.25, -0.2) is 27.7 Å². The van der Waals surface area contributed by atoms with Crippen molar-refractivity contribution in [2.24, 2.45) is 0 Å². The molecule has 3 heterocycles. The van der Waals surface area contributed by atoms with Crippen LogP contribution in [-0.4, -0.2) is 41.4 Å². The van der Waals surface area contributed by atoms with Gasteiger partial charge in [0.05, 0.1) is 24.3 Å². The van der Waals surface area contributed by atoms with Gasteiger partial charge in [-0.2, -0.15) is 0 Å². The summed E-state index contributed by atoms with van der Waals surface area (Å²) in [6.07, 6.45) is -0.202. The van der Waals surface area contributed by atoms with E-state index >= 15 is 0 Å². The quantitative estimate of drug-likeness (QED) is 0.789. The molecule has 8 nitrogen and oxygen atoms in total. The van der Waals surface area contributed by atoms with Gasteiger partial charge in [-0.1, -0.05) is 5.16 Å². The summed E-state index contributed by atoms with van der Waals surface area (Å²) in [6, 6.07) is 0.453. The summed E-state index contributed by atoms with van der Waals surface area (Å²) in [7, 11) is 0. The number of hydrogen-bond acceptors (Lipinski definition) is 5. The molecule has 11 heteroatoms. The van der Waals surface area contributed by atoms with E-state index in [1.807, 2.05) is 0 Å². The third-order valence-corrected chi connectivity index (χ3v) is 4.70. The average molecular weight is 396 g/mol. The Morgan fingerprint density at radius 1 is 1.29 bits per heavy atom. The first kappa shape index (κ1) is 18.1. The number of cyclic esters (lactones) is 1. The van der Waals surface area contributed by atoms with Crippen molar-refractivity contribution in [1.82, 2.24) is 10.1 Å². The Balaban J connectivity index is 1.56. The van der Waals surface area contributed by atoms with Crippen LogP contribution >= 0.6 is 0 Å². The fourth-order valence-corrected chi connectivity index (χ4v) is 3.25. The summed E-state index contributed by atoms with van der Waals surface area (Å²) in [6.45, 7) is 2.36. The second-order valence-electron chi connectivity index (χ2n) is 6.54. The monoisotopic (exact) mass is 396 g/mol. The molecule has 0 spiro atoms. The molecule has 1 aromatic heterocycles. The lowest BCUT2D eigenvalue weighted by Crippen LogP contribution is -2.45. The molecule has 28 heavy (non-hydrogen) atoms. The van der Waals surface area contributed by atoms with Gasteiger partial charge in [-0.15, -0.1) is 0 Å². The van der Waals surface area contributed by atoms with E-state index < -0.39 is 29.6 Å². The van der Waals surface area contributed by atoms with Crippen LogP contribution in [0.1, 0.15) is 18.2 Å². The number of nitrogens with zero attached hydrogens (tertiary/aromatic N) is 3. The number of urea groups is 1. The van der Waals surface area contributed by atoms with E-state index in [-0.39, 0.29) is 30.8 Å². The van der Waals surface area contributed by atoms with Crippen LogP contribution < -0.4 is 10.2 Å². The Bertz CT molecular complexity index is 941. The van der Waals surface area contributed by atoms with Crippen LogP contribution in [0.4, 0.5) is 34.3 Å². The number of fused-ring (bicyclic) bond motifs is 1. The number of nitrogens with one attached hydrogen (secondary N) is 1. The molecule has 1 atom stereocenters. The van der Waals surface area contributed by atoms with Crippen molar-refractivity contribution in [1.29, 1.82) is 0 Å². The first-order valence-electron chi connectivity index (χ1n) is 8.49. The van der Waals surface area contributed by atoms with E-state index in [2.05, 4.69) is 10.5 Å². The van der Waals surface area contributed by atoms with Crippen LogP contribution in [0.3, 0.4) is 0 Å². The maximum atomic E-state index is 13.4. The second-order valence-corrected chi connectivity index (χ2v) is 6.54. The summed E-state index contributed by atoms with van der Waals surface area (Å²) >= 11 is 0. The van der Waals surface area contributed by atoms with E-state index in [1.165, 1.54) is 9.80 Å². The number of carbonyl (C=O) groups is 2. The number of anilines is 2. The van der Waals surface area contributed by atoms with Crippen molar-refractivity contribution in [3.63, 3.8) is 0 Å². The Hall–Kier alpha value is -3.24. The molecular formula is C17H15F3N4O4. The smallest absolute Gasteiger partial charge is 0.416 e. The third-order valence-electron chi connectivity index (χ3n) is 4.70. The van der Waals surface area contributed by atoms with Gasteiger partial charge in [0.1, 0.15) is 6.61 Å². The number of aromatic nitrogens is 1. The topological polar surface area (TPSA) is 87.9 Å². The Kier molecular flexibility index (Phi) is 4.36. The zero-order valence-corrected chi connectivity index (χ0v) is 14.7. The fourth-order valence-electron chi connectivity index (χ4n) is 3.25. The van der Waals surface area contributed by atoms with E-state index in [1.54, 1.807) is 6.92 Å². The van der Waals surface area contributed by atoms with Crippen molar-refractivity contribution < 1.29 is 32.0 Å². The number of hydrogen-bond donors (Lipinski definition) is 1. The standard InChI is InChI=1S/C17H15F3N4O4/c1-8-4-13-10(15(28-22-13)23-2-3-27-17(23)26)7-24(8)16(25)21-9-5-11(18)14(20)12(19)6-9/h5-6,8H,2-4,7H2,1H3,(H,21,25). The molecule has 1 unspecified atom stereocenters. The molecule has 3 amide bonds. The summed E-state index contributed by atoms with van der Waals surface area (Å²) in [4.78, 5) is 27.1. The van der Waals surface area contributed by atoms with Gasteiger partial charge in [0, 0.05) is 30.3 Å². The minimum Gasteiger partial charge on any atom is -0.447 e. The Morgan fingerprint density at radius 2 is 2.00 bits per heavy atom. The molecule has 1 N–H and O–H groups in total. The Labute approximate surface area is 156 Å². The highest BCUT2D eigenvalue weighted by molar-refractivity contribution is 5.91. The molecule has 1 fully saturated rings. The summed E-state index contributed by atoms with van der Waals surface area (Å²) in [5, 5.41) is 6.33. The van der Waals surface area contributed by atoms with Crippen molar-refractivity contribution in [2.75, 3.05) is 23.4 Å². The molecule has 2 aliphatic rings. The van der Waals surface area contributed by atoms with Crippen LogP contribution in [0.25, 0.3) is 0 Å². The molecule has 2 aliphatic heterocycles. The van der Waals surface area contributed by atoms with Crippen molar-refractivity contribution in [3.8, 4) is 0 Å². The number of carbonyl (C=O) groups excluding carboxylic acids is 2. The van der Waals surface area contributed by atoms with Gasteiger partial charge in [0.2, 0.25) is 5.88 Å². The predicted molar refractivity (Wildman–Crippen MR) is 89.2 cm³/mol. The summed E-state index contributed by atoms with van der Waals surface area (Å²) in [5.41, 5.74) is 0.960. The zero-order chi connectivity index (χ0) is 20.0. The lowest BCUT2D eigenvalue weighted by molar-refractivity contribution is 0.180. The summed E-state index contributed by atoms with van der Waals surface area (Å²) in [5.74, 6) is -4.21. The molecular weight excluding hydrogens is 381 g/mol. The number of rotatable bonds is 2. The van der Waals surface area contributed by atoms with E-state index in [0.717, 1.165) is 0 Å². The van der Waals surface area contributed by atoms with Crippen molar-refractivity contribution >= 4 is 23.7 Å². The highest BCUT2D eigenvalue weighted by Gasteiger charge is 2.37. The molecule has 0 aliphatic carbocycles. The number of amides is 3. The molecule has 0 radical (unpaired) electrons. The van der Waals surface area contributed by atoms with Crippen molar-refractivity contribution in [2.45, 2.75) is 25.9 Å². The maximum absolute atomic E-state index is 13.4. The van der Waals surface area contributed by atoms with E-state index in [4.69, 9.17) is 9.26 Å². The second kappa shape index (κ2) is 6.73. The lowest BCUT2D eigenvalue weighted by atomic mass is 10.0. The number of ether oxygens (including phenoxy) is 1. The van der Waals surface area contributed by atoms with E-state index in [0.29, 0.717) is 36.4 Å². The first-order chi connectivity index (χ1) is 13.3. The molecule has 0 bridgehead atoms. The van der Waals surface area contributed by atoms with Gasteiger partial charge in [-0.3, -0.25) is 0 Å².